The molecule has 0 aromatic carbocycles. The number of hydrogen-bond donors (Lipinski definition) is 0. The van der Waals surface area contributed by atoms with Crippen molar-refractivity contribution in [3.05, 3.63) is 0 Å². The Balaban J connectivity index is 0.000000303. The molecule has 0 radical (unpaired) electrons. The second kappa shape index (κ2) is 16.5. The average molecular weight is 454 g/mol. The van der Waals surface area contributed by atoms with Crippen LogP contribution in [-0.2, 0) is 105 Å². The molecule has 0 bridgehead atoms. The minimum Gasteiger partial charge on any atom is -0.827 e. The third-order valence-corrected chi connectivity index (χ3v) is 1.05. The minimum absolute atomic E-state index is 0. The van der Waals surface area contributed by atoms with Gasteiger partial charge in [0.1, 0.15) is 0 Å². The van der Waals surface area contributed by atoms with Crippen LogP contribution >= 0.6 is 0 Å². The Kier molecular flexibility index (Phi) is 16.7. The van der Waals surface area contributed by atoms with E-state index in [0.717, 1.165) is 0 Å². The Labute approximate surface area is 154 Å². The molecular formula is B4O20Zr. The summed E-state index contributed by atoms with van der Waals surface area (Å²) >= 11 is 0. The molecule has 0 saturated carbocycles. The van der Waals surface area contributed by atoms with E-state index >= 15 is 0 Å². The number of rotatable bonds is 0. The summed E-state index contributed by atoms with van der Waals surface area (Å²) in [5.74, 6) is 0. The predicted octanol–water partition coefficient (Wildman–Crippen LogP) is -7.38. The molecule has 4 fully saturated rings. The molecule has 0 unspecified atom stereocenters. The van der Waals surface area contributed by atoms with E-state index in [4.69, 9.17) is 0 Å². The van der Waals surface area contributed by atoms with Crippen molar-refractivity contribution in [3.8, 4) is 0 Å². The van der Waals surface area contributed by atoms with Gasteiger partial charge >= 0.3 is 55.5 Å². The zero-order valence-corrected chi connectivity index (χ0v) is 13.4. The van der Waals surface area contributed by atoms with Crippen LogP contribution in [0.1, 0.15) is 0 Å². The molecule has 4 heterocycles. The summed E-state index contributed by atoms with van der Waals surface area (Å²) in [6.45, 7) is 0. The van der Waals surface area contributed by atoms with Crippen LogP contribution in [0.3, 0.4) is 0 Å². The molecule has 136 valence electrons. The summed E-state index contributed by atoms with van der Waals surface area (Å²) in [6, 6.07) is 0. The van der Waals surface area contributed by atoms with Gasteiger partial charge in [0.05, 0.1) is 0 Å². The summed E-state index contributed by atoms with van der Waals surface area (Å²) in [5, 5.41) is 66.7. The molecule has 4 saturated heterocycles. The monoisotopic (exact) mass is 454 g/mol. The molecule has 0 atom stereocenters. The first kappa shape index (κ1) is 25.3. The van der Waals surface area contributed by atoms with Crippen molar-refractivity contribution >= 4 is 29.3 Å². The molecule has 0 aliphatic carbocycles. The Morgan fingerprint density at radius 1 is 0.320 bits per heavy atom. The van der Waals surface area contributed by atoms with Crippen LogP contribution in [0.5, 0.6) is 0 Å². The van der Waals surface area contributed by atoms with Gasteiger partial charge in [-0.25, -0.2) is 0 Å². The fourth-order valence-electron chi connectivity index (χ4n) is 0.449. The van der Waals surface area contributed by atoms with Gasteiger partial charge in [-0.15, -0.1) is 0 Å². The van der Waals surface area contributed by atoms with Gasteiger partial charge < -0.3 is 20.1 Å². The molecule has 4 aliphatic rings. The van der Waals surface area contributed by atoms with E-state index in [0.29, 0.717) is 0 Å². The predicted molar refractivity (Wildman–Crippen MR) is 40.4 cm³/mol. The van der Waals surface area contributed by atoms with Crippen molar-refractivity contribution in [1.29, 1.82) is 0 Å². The first-order valence-corrected chi connectivity index (χ1v) is 4.83. The molecule has 4 rings (SSSR count). The van der Waals surface area contributed by atoms with Gasteiger partial charge in [-0.2, -0.15) is 0 Å². The van der Waals surface area contributed by atoms with E-state index in [2.05, 4.69) is 78.7 Å². The zero-order chi connectivity index (χ0) is 17.6. The molecule has 0 amide bonds. The SMILES string of the molecule is [O-]B1OOOO1.[O-]B1OOOO1.[O-]B1OOOO1.[O-]B1OOOO1.[Zr+4]. The zero-order valence-electron chi connectivity index (χ0n) is 11.0. The van der Waals surface area contributed by atoms with Crippen LogP contribution in [0.25, 0.3) is 0 Å². The molecule has 0 spiro atoms. The van der Waals surface area contributed by atoms with Crippen LogP contribution in [0.15, 0.2) is 0 Å². The third-order valence-electron chi connectivity index (χ3n) is 1.05. The molecule has 0 aromatic heterocycles. The Morgan fingerprint density at radius 3 is 0.480 bits per heavy atom. The van der Waals surface area contributed by atoms with Crippen molar-refractivity contribution in [2.45, 2.75) is 0 Å². The van der Waals surface area contributed by atoms with Crippen molar-refractivity contribution in [2.24, 2.45) is 0 Å². The molecule has 25 heteroatoms. The van der Waals surface area contributed by atoms with Crippen molar-refractivity contribution in [1.82, 2.24) is 0 Å². The smallest absolute Gasteiger partial charge is 0.827 e. The van der Waals surface area contributed by atoms with E-state index in [-0.39, 0.29) is 26.2 Å². The first-order valence-electron chi connectivity index (χ1n) is 4.83. The van der Waals surface area contributed by atoms with Crippen molar-refractivity contribution < 1.29 is 125 Å². The van der Waals surface area contributed by atoms with E-state index in [1.165, 1.54) is 0 Å². The standard InChI is InChI=1S/4BO5.Zr/c4*2-1-3-5-6-4-1;/q4*-1;+4. The van der Waals surface area contributed by atoms with Gasteiger partial charge in [-0.05, 0) is 0 Å². The van der Waals surface area contributed by atoms with Gasteiger partial charge in [-0.3, -0.25) is 38.4 Å². The topological polar surface area (TPSA) is 240 Å². The normalized spacial score (nSPS) is 21.6. The second-order valence-corrected chi connectivity index (χ2v) is 2.47. The summed E-state index contributed by atoms with van der Waals surface area (Å²) in [6.07, 6.45) is 0. The second-order valence-electron chi connectivity index (χ2n) is 2.47. The molecule has 4 aliphatic heterocycles. The van der Waals surface area contributed by atoms with Crippen molar-refractivity contribution in [3.63, 3.8) is 0 Å². The average Bonchev–Trinajstić information content (AvgIpc) is 3.31. The first-order chi connectivity index (χ1) is 11.6. The molecular weight excluding hydrogens is 454 g/mol. The molecule has 25 heavy (non-hydrogen) atoms. The van der Waals surface area contributed by atoms with Gasteiger partial charge in [-0.1, -0.05) is 40.3 Å². The Bertz CT molecular complexity index is 211. The molecule has 0 aromatic rings. The maximum Gasteiger partial charge on any atom is 4.00 e. The Hall–Kier alpha value is 0.343. The van der Waals surface area contributed by atoms with Gasteiger partial charge in [0, 0.05) is 0 Å². The largest absolute Gasteiger partial charge is 4.00 e. The van der Waals surface area contributed by atoms with Crippen molar-refractivity contribution in [2.75, 3.05) is 0 Å². The molecule has 20 nitrogen and oxygen atoms in total. The summed E-state index contributed by atoms with van der Waals surface area (Å²) in [7, 11) is -6.59. The summed E-state index contributed by atoms with van der Waals surface area (Å²) < 4.78 is 0. The maximum absolute atomic E-state index is 9.63. The van der Waals surface area contributed by atoms with E-state index in [1.807, 2.05) is 0 Å². The molecule has 0 N–H and O–H groups in total. The van der Waals surface area contributed by atoms with Gasteiger partial charge in [0.2, 0.25) is 0 Å². The summed E-state index contributed by atoms with van der Waals surface area (Å²) in [4.78, 5) is 29.2. The van der Waals surface area contributed by atoms with E-state index in [1.54, 1.807) is 0 Å². The Morgan fingerprint density at radius 2 is 0.440 bits per heavy atom. The summed E-state index contributed by atoms with van der Waals surface area (Å²) in [5.41, 5.74) is 0. The maximum atomic E-state index is 9.63. The third kappa shape index (κ3) is 15.1. The van der Waals surface area contributed by atoms with Crippen LogP contribution in [0.2, 0.25) is 0 Å². The fraction of sp³-hybridized carbons (Fsp3) is 0. The number of hydrogen-bond acceptors (Lipinski definition) is 20. The fourth-order valence-corrected chi connectivity index (χ4v) is 0.449. The quantitative estimate of drug-likeness (QED) is 0.243. The van der Waals surface area contributed by atoms with E-state index < -0.39 is 29.3 Å². The van der Waals surface area contributed by atoms with Crippen LogP contribution in [0.4, 0.5) is 0 Å². The van der Waals surface area contributed by atoms with Gasteiger partial charge in [0.25, 0.3) is 0 Å². The van der Waals surface area contributed by atoms with Crippen LogP contribution in [0, 0.1) is 0 Å². The minimum atomic E-state index is -1.65. The van der Waals surface area contributed by atoms with E-state index in [9.17, 15) is 20.1 Å². The van der Waals surface area contributed by atoms with Gasteiger partial charge in [0.15, 0.2) is 0 Å². The van der Waals surface area contributed by atoms with Crippen LogP contribution in [-0.4, -0.2) is 29.3 Å². The van der Waals surface area contributed by atoms with Crippen LogP contribution < -0.4 is 20.1 Å².